The number of nitrogens with one attached hydrogen (secondary N) is 1. The fraction of sp³-hybridized carbons (Fsp3) is 0.222. The van der Waals surface area contributed by atoms with E-state index in [0.29, 0.717) is 6.54 Å². The third-order valence-electron chi connectivity index (χ3n) is 1.57. The second-order valence-corrected chi connectivity index (χ2v) is 2.90. The molecule has 0 saturated carbocycles. The highest BCUT2D eigenvalue weighted by atomic mass is 35.5. The summed E-state index contributed by atoms with van der Waals surface area (Å²) in [6, 6.07) is 4.67. The van der Waals surface area contributed by atoms with Gasteiger partial charge in [0.15, 0.2) is 0 Å². The van der Waals surface area contributed by atoms with E-state index < -0.39 is 0 Å². The zero-order valence-corrected chi connectivity index (χ0v) is 7.93. The van der Waals surface area contributed by atoms with Gasteiger partial charge in [-0.05, 0) is 19.1 Å². The molecule has 0 radical (unpaired) electrons. The Morgan fingerprint density at radius 2 is 2.31 bits per heavy atom. The minimum Gasteiger partial charge on any atom is -0.506 e. The molecule has 3 nitrogen and oxygen atoms in total. The number of hydrogen-bond acceptors (Lipinski definition) is 2. The van der Waals surface area contributed by atoms with Gasteiger partial charge >= 0.3 is 0 Å². The summed E-state index contributed by atoms with van der Waals surface area (Å²) in [5, 5.41) is 12.2. The summed E-state index contributed by atoms with van der Waals surface area (Å²) < 4.78 is 0. The lowest BCUT2D eigenvalue weighted by molar-refractivity contribution is 0.0953. The molecule has 70 valence electrons. The van der Waals surface area contributed by atoms with Crippen LogP contribution in [0.15, 0.2) is 18.2 Å². The summed E-state index contributed by atoms with van der Waals surface area (Å²) in [7, 11) is 0. The monoisotopic (exact) mass is 199 g/mol. The van der Waals surface area contributed by atoms with Crippen molar-refractivity contribution in [3.63, 3.8) is 0 Å². The van der Waals surface area contributed by atoms with Crippen molar-refractivity contribution in [3.8, 4) is 5.75 Å². The van der Waals surface area contributed by atoms with Crippen LogP contribution >= 0.6 is 11.6 Å². The van der Waals surface area contributed by atoms with Crippen molar-refractivity contribution < 1.29 is 9.90 Å². The summed E-state index contributed by atoms with van der Waals surface area (Å²) in [5.41, 5.74) is 0.203. The lowest BCUT2D eigenvalue weighted by Gasteiger charge is -2.04. The van der Waals surface area contributed by atoms with Crippen molar-refractivity contribution in [1.82, 2.24) is 5.32 Å². The fourth-order valence-electron chi connectivity index (χ4n) is 0.954. The van der Waals surface area contributed by atoms with Crippen molar-refractivity contribution in [2.45, 2.75) is 6.92 Å². The molecular formula is C9H10ClNO2. The SMILES string of the molecule is CCNC(=O)c1cccc(Cl)c1O. The summed E-state index contributed by atoms with van der Waals surface area (Å²) >= 11 is 5.63. The molecule has 0 aliphatic rings. The van der Waals surface area contributed by atoms with Gasteiger partial charge in [0.05, 0.1) is 10.6 Å². The lowest BCUT2D eigenvalue weighted by atomic mass is 10.2. The number of amides is 1. The number of rotatable bonds is 2. The van der Waals surface area contributed by atoms with Crippen LogP contribution in [0.3, 0.4) is 0 Å². The first-order valence-electron chi connectivity index (χ1n) is 3.92. The van der Waals surface area contributed by atoms with Crippen LogP contribution in [0.4, 0.5) is 0 Å². The molecule has 0 saturated heterocycles. The fourth-order valence-corrected chi connectivity index (χ4v) is 1.13. The standard InChI is InChI=1S/C9H10ClNO2/c1-2-11-9(13)6-4-3-5-7(10)8(6)12/h3-5,12H,2H2,1H3,(H,11,13). The molecule has 1 amide bonds. The maximum absolute atomic E-state index is 11.3. The minimum absolute atomic E-state index is 0.171. The predicted octanol–water partition coefficient (Wildman–Crippen LogP) is 1.80. The van der Waals surface area contributed by atoms with E-state index in [0.717, 1.165) is 0 Å². The van der Waals surface area contributed by atoms with Gasteiger partial charge < -0.3 is 10.4 Å². The molecule has 0 bridgehead atoms. The molecule has 0 heterocycles. The number of carbonyl (C=O) groups excluding carboxylic acids is 1. The number of hydrogen-bond donors (Lipinski definition) is 2. The lowest BCUT2D eigenvalue weighted by Crippen LogP contribution is -2.22. The van der Waals surface area contributed by atoms with E-state index in [2.05, 4.69) is 5.32 Å². The van der Waals surface area contributed by atoms with Gasteiger partial charge in [0.25, 0.3) is 5.91 Å². The first-order chi connectivity index (χ1) is 6.16. The minimum atomic E-state index is -0.317. The van der Waals surface area contributed by atoms with E-state index in [-0.39, 0.29) is 22.2 Å². The molecule has 1 aromatic rings. The molecule has 13 heavy (non-hydrogen) atoms. The molecule has 4 heteroatoms. The summed E-state index contributed by atoms with van der Waals surface area (Å²) in [6.07, 6.45) is 0. The first-order valence-corrected chi connectivity index (χ1v) is 4.30. The first kappa shape index (κ1) is 9.86. The molecule has 0 fully saturated rings. The van der Waals surface area contributed by atoms with Gasteiger partial charge in [-0.2, -0.15) is 0 Å². The number of halogens is 1. The molecule has 0 aromatic heterocycles. The Morgan fingerprint density at radius 3 is 2.92 bits per heavy atom. The molecule has 0 spiro atoms. The van der Waals surface area contributed by atoms with Gasteiger partial charge in [0, 0.05) is 6.54 Å². The van der Waals surface area contributed by atoms with E-state index >= 15 is 0 Å². The van der Waals surface area contributed by atoms with Crippen LogP contribution in [0.5, 0.6) is 5.75 Å². The number of carbonyl (C=O) groups is 1. The zero-order valence-electron chi connectivity index (χ0n) is 7.17. The van der Waals surface area contributed by atoms with E-state index in [1.54, 1.807) is 13.0 Å². The molecule has 0 aliphatic carbocycles. The molecule has 0 unspecified atom stereocenters. The normalized spacial score (nSPS) is 9.69. The third kappa shape index (κ3) is 2.12. The average Bonchev–Trinajstić information content (AvgIpc) is 2.10. The van der Waals surface area contributed by atoms with Crippen LogP contribution in [0.25, 0.3) is 0 Å². The van der Waals surface area contributed by atoms with E-state index in [9.17, 15) is 9.90 Å². The molecule has 1 rings (SSSR count). The van der Waals surface area contributed by atoms with Gasteiger partial charge in [-0.15, -0.1) is 0 Å². The average molecular weight is 200 g/mol. The molecule has 1 aromatic carbocycles. The number of para-hydroxylation sites is 1. The molecule has 2 N–H and O–H groups in total. The van der Waals surface area contributed by atoms with E-state index in [1.807, 2.05) is 0 Å². The Bertz CT molecular complexity index is 325. The van der Waals surface area contributed by atoms with Gasteiger partial charge in [0.1, 0.15) is 5.75 Å². The maximum atomic E-state index is 11.3. The van der Waals surface area contributed by atoms with Crippen LogP contribution in [0, 0.1) is 0 Å². The quantitative estimate of drug-likeness (QED) is 0.763. The number of benzene rings is 1. The molecule has 0 atom stereocenters. The number of aromatic hydroxyl groups is 1. The second kappa shape index (κ2) is 4.14. The van der Waals surface area contributed by atoms with Crippen molar-refractivity contribution >= 4 is 17.5 Å². The van der Waals surface area contributed by atoms with Crippen LogP contribution in [0.2, 0.25) is 5.02 Å². The maximum Gasteiger partial charge on any atom is 0.255 e. The van der Waals surface area contributed by atoms with Crippen LogP contribution in [-0.2, 0) is 0 Å². The zero-order chi connectivity index (χ0) is 9.84. The smallest absolute Gasteiger partial charge is 0.255 e. The van der Waals surface area contributed by atoms with Crippen molar-refractivity contribution in [2.75, 3.05) is 6.54 Å². The van der Waals surface area contributed by atoms with Crippen molar-refractivity contribution in [2.24, 2.45) is 0 Å². The Balaban J connectivity index is 3.01. The number of phenolic OH excluding ortho intramolecular Hbond substituents is 1. The largest absolute Gasteiger partial charge is 0.506 e. The molecule has 0 aliphatic heterocycles. The van der Waals surface area contributed by atoms with E-state index in [1.165, 1.54) is 12.1 Å². The van der Waals surface area contributed by atoms with Crippen LogP contribution in [-0.4, -0.2) is 17.6 Å². The summed E-state index contributed by atoms with van der Waals surface area (Å²) in [4.78, 5) is 11.3. The Hall–Kier alpha value is -1.22. The third-order valence-corrected chi connectivity index (χ3v) is 1.87. The van der Waals surface area contributed by atoms with Crippen molar-refractivity contribution in [3.05, 3.63) is 28.8 Å². The Labute approximate surface area is 81.3 Å². The molecular weight excluding hydrogens is 190 g/mol. The topological polar surface area (TPSA) is 49.3 Å². The second-order valence-electron chi connectivity index (χ2n) is 2.50. The summed E-state index contributed by atoms with van der Waals surface area (Å²) in [6.45, 7) is 2.32. The predicted molar refractivity (Wildman–Crippen MR) is 51.1 cm³/mol. The van der Waals surface area contributed by atoms with Crippen LogP contribution < -0.4 is 5.32 Å². The van der Waals surface area contributed by atoms with Gasteiger partial charge in [-0.3, -0.25) is 4.79 Å². The highest BCUT2D eigenvalue weighted by molar-refractivity contribution is 6.32. The van der Waals surface area contributed by atoms with Gasteiger partial charge in [-0.1, -0.05) is 17.7 Å². The van der Waals surface area contributed by atoms with Crippen molar-refractivity contribution in [1.29, 1.82) is 0 Å². The van der Waals surface area contributed by atoms with Crippen LogP contribution in [0.1, 0.15) is 17.3 Å². The van der Waals surface area contributed by atoms with Gasteiger partial charge in [-0.25, -0.2) is 0 Å². The van der Waals surface area contributed by atoms with Gasteiger partial charge in [0.2, 0.25) is 0 Å². The number of phenols is 1. The Kier molecular flexibility index (Phi) is 3.14. The Morgan fingerprint density at radius 1 is 1.62 bits per heavy atom. The highest BCUT2D eigenvalue weighted by Crippen LogP contribution is 2.26. The summed E-state index contributed by atoms with van der Waals surface area (Å²) in [5.74, 6) is -0.488. The highest BCUT2D eigenvalue weighted by Gasteiger charge is 2.11. The van der Waals surface area contributed by atoms with E-state index in [4.69, 9.17) is 11.6 Å².